The first-order valence-electron chi connectivity index (χ1n) is 5.72. The zero-order valence-electron chi connectivity index (χ0n) is 10.0. The van der Waals surface area contributed by atoms with E-state index in [-0.39, 0.29) is 24.2 Å². The topological polar surface area (TPSA) is 101 Å². The Morgan fingerprint density at radius 1 is 1.47 bits per heavy atom. The molecule has 100 valence electrons. The number of pyridine rings is 1. The van der Waals surface area contributed by atoms with E-state index in [0.717, 1.165) is 0 Å². The predicted octanol–water partition coefficient (Wildman–Crippen LogP) is 2.12. The third-order valence-electron chi connectivity index (χ3n) is 2.60. The van der Waals surface area contributed by atoms with E-state index in [2.05, 4.69) is 10.3 Å². The van der Waals surface area contributed by atoms with Crippen molar-refractivity contribution in [1.82, 2.24) is 4.98 Å². The fourth-order valence-corrected chi connectivity index (χ4v) is 1.72. The van der Waals surface area contributed by atoms with E-state index in [1.165, 1.54) is 24.6 Å². The Balaban J connectivity index is 2.25. The summed E-state index contributed by atoms with van der Waals surface area (Å²) in [5.74, 6) is 0.747. The van der Waals surface area contributed by atoms with E-state index < -0.39 is 4.92 Å². The lowest BCUT2D eigenvalue weighted by molar-refractivity contribution is -0.384. The van der Waals surface area contributed by atoms with Crippen molar-refractivity contribution < 1.29 is 14.4 Å². The third kappa shape index (κ3) is 3.08. The quantitative estimate of drug-likeness (QED) is 0.611. The first-order valence-corrected chi connectivity index (χ1v) is 5.72. The van der Waals surface area contributed by atoms with Gasteiger partial charge in [-0.1, -0.05) is 0 Å². The summed E-state index contributed by atoms with van der Waals surface area (Å²) in [7, 11) is 0. The van der Waals surface area contributed by atoms with E-state index in [1.807, 2.05) is 0 Å². The van der Waals surface area contributed by atoms with Crippen LogP contribution in [-0.4, -0.2) is 21.6 Å². The third-order valence-corrected chi connectivity index (χ3v) is 2.60. The highest BCUT2D eigenvalue weighted by Gasteiger charge is 2.20. The molecule has 0 saturated heterocycles. The lowest BCUT2D eigenvalue weighted by Crippen LogP contribution is -2.13. The minimum atomic E-state index is -0.506. The molecule has 1 unspecified atom stereocenters. The van der Waals surface area contributed by atoms with Gasteiger partial charge in [-0.05, 0) is 24.6 Å². The Labute approximate surface area is 109 Å². The predicted molar refractivity (Wildman–Crippen MR) is 67.7 cm³/mol. The number of nitro groups is 1. The number of nitrogens with zero attached hydrogens (tertiary/aromatic N) is 2. The average Bonchev–Trinajstić information content (AvgIpc) is 2.92. The van der Waals surface area contributed by atoms with Crippen molar-refractivity contribution in [3.63, 3.8) is 0 Å². The molecule has 0 amide bonds. The molecule has 0 aliphatic carbocycles. The summed E-state index contributed by atoms with van der Waals surface area (Å²) in [6, 6.07) is 5.95. The van der Waals surface area contributed by atoms with E-state index >= 15 is 0 Å². The van der Waals surface area contributed by atoms with Crippen LogP contribution in [-0.2, 0) is 0 Å². The van der Waals surface area contributed by atoms with Crippen LogP contribution in [0.5, 0.6) is 0 Å². The van der Waals surface area contributed by atoms with E-state index in [9.17, 15) is 10.1 Å². The number of anilines is 1. The second-order valence-corrected chi connectivity index (χ2v) is 3.85. The minimum Gasteiger partial charge on any atom is -0.467 e. The highest BCUT2D eigenvalue weighted by atomic mass is 16.6. The molecular weight excluding hydrogens is 250 g/mol. The van der Waals surface area contributed by atoms with Crippen LogP contribution >= 0.6 is 0 Å². The molecule has 2 rings (SSSR count). The van der Waals surface area contributed by atoms with Crippen molar-refractivity contribution in [3.05, 3.63) is 52.6 Å². The van der Waals surface area contributed by atoms with Gasteiger partial charge in [0.2, 0.25) is 5.82 Å². The molecule has 0 aliphatic heterocycles. The molecule has 2 aromatic rings. The summed E-state index contributed by atoms with van der Waals surface area (Å²) in [6.07, 6.45) is 3.34. The van der Waals surface area contributed by atoms with Gasteiger partial charge in [0, 0.05) is 18.9 Å². The SMILES string of the molecule is O=[N+]([O-])c1cccnc1NC(CCO)c1ccco1. The van der Waals surface area contributed by atoms with Gasteiger partial charge >= 0.3 is 5.69 Å². The number of furan rings is 1. The standard InChI is InChI=1S/C12H13N3O4/c16-7-5-9(11-4-2-8-19-11)14-12-10(15(17)18)3-1-6-13-12/h1-4,6,8-9,16H,5,7H2,(H,13,14). The smallest absolute Gasteiger partial charge is 0.311 e. The molecule has 0 aliphatic rings. The van der Waals surface area contributed by atoms with Crippen LogP contribution in [0.25, 0.3) is 0 Å². The van der Waals surface area contributed by atoms with E-state index in [0.29, 0.717) is 12.2 Å². The van der Waals surface area contributed by atoms with Gasteiger partial charge in [-0.2, -0.15) is 0 Å². The van der Waals surface area contributed by atoms with Gasteiger partial charge < -0.3 is 14.8 Å². The number of nitrogens with one attached hydrogen (secondary N) is 1. The van der Waals surface area contributed by atoms with Crippen molar-refractivity contribution in [2.24, 2.45) is 0 Å². The number of aliphatic hydroxyl groups is 1. The van der Waals surface area contributed by atoms with Crippen molar-refractivity contribution in [2.45, 2.75) is 12.5 Å². The second kappa shape index (κ2) is 5.96. The Morgan fingerprint density at radius 2 is 2.32 bits per heavy atom. The fraction of sp³-hybridized carbons (Fsp3) is 0.250. The Hall–Kier alpha value is -2.41. The summed E-state index contributed by atoms with van der Waals surface area (Å²) in [5, 5.41) is 22.9. The zero-order valence-corrected chi connectivity index (χ0v) is 10.0. The van der Waals surface area contributed by atoms with Crippen LogP contribution in [0, 0.1) is 10.1 Å². The molecule has 7 nitrogen and oxygen atoms in total. The summed E-state index contributed by atoms with van der Waals surface area (Å²) in [4.78, 5) is 14.3. The highest BCUT2D eigenvalue weighted by Crippen LogP contribution is 2.27. The van der Waals surface area contributed by atoms with Crippen molar-refractivity contribution in [1.29, 1.82) is 0 Å². The number of aliphatic hydroxyl groups excluding tert-OH is 1. The fourth-order valence-electron chi connectivity index (χ4n) is 1.72. The Morgan fingerprint density at radius 3 is 2.95 bits per heavy atom. The number of rotatable bonds is 6. The van der Waals surface area contributed by atoms with E-state index in [1.54, 1.807) is 12.1 Å². The molecule has 1 atom stereocenters. The maximum Gasteiger partial charge on any atom is 0.311 e. The van der Waals surface area contributed by atoms with Gasteiger partial charge in [0.05, 0.1) is 17.2 Å². The van der Waals surface area contributed by atoms with Crippen LogP contribution in [0.4, 0.5) is 11.5 Å². The zero-order chi connectivity index (χ0) is 13.7. The highest BCUT2D eigenvalue weighted by molar-refractivity contribution is 5.55. The second-order valence-electron chi connectivity index (χ2n) is 3.85. The number of aromatic nitrogens is 1. The molecule has 2 aromatic heterocycles. The molecule has 0 fully saturated rings. The molecule has 19 heavy (non-hydrogen) atoms. The first kappa shape index (κ1) is 13.0. The molecule has 0 radical (unpaired) electrons. The lowest BCUT2D eigenvalue weighted by Gasteiger charge is -2.15. The van der Waals surface area contributed by atoms with Crippen LogP contribution in [0.3, 0.4) is 0 Å². The van der Waals surface area contributed by atoms with Crippen molar-refractivity contribution in [3.8, 4) is 0 Å². The summed E-state index contributed by atoms with van der Waals surface area (Å²) in [5.41, 5.74) is -0.114. The Kier molecular flexibility index (Phi) is 4.09. The maximum absolute atomic E-state index is 10.9. The molecule has 0 spiro atoms. The lowest BCUT2D eigenvalue weighted by atomic mass is 10.1. The van der Waals surface area contributed by atoms with Crippen LogP contribution in [0.1, 0.15) is 18.2 Å². The molecule has 2 N–H and O–H groups in total. The van der Waals surface area contributed by atoms with Gasteiger partial charge in [0.15, 0.2) is 0 Å². The number of hydrogen-bond acceptors (Lipinski definition) is 6. The molecule has 0 bridgehead atoms. The van der Waals surface area contributed by atoms with Crippen molar-refractivity contribution >= 4 is 11.5 Å². The normalized spacial score (nSPS) is 12.1. The average molecular weight is 263 g/mol. The maximum atomic E-state index is 10.9. The largest absolute Gasteiger partial charge is 0.467 e. The first-order chi connectivity index (χ1) is 9.22. The van der Waals surface area contributed by atoms with Crippen LogP contribution < -0.4 is 5.32 Å². The van der Waals surface area contributed by atoms with Crippen LogP contribution in [0.15, 0.2) is 41.1 Å². The summed E-state index contributed by atoms with van der Waals surface area (Å²) >= 11 is 0. The number of hydrogen-bond donors (Lipinski definition) is 2. The monoisotopic (exact) mass is 263 g/mol. The molecule has 0 aromatic carbocycles. The molecule has 2 heterocycles. The Bertz CT molecular complexity index is 542. The van der Waals surface area contributed by atoms with E-state index in [4.69, 9.17) is 9.52 Å². The van der Waals surface area contributed by atoms with Crippen molar-refractivity contribution in [2.75, 3.05) is 11.9 Å². The van der Waals surface area contributed by atoms with Gasteiger partial charge in [-0.25, -0.2) is 4.98 Å². The summed E-state index contributed by atoms with van der Waals surface area (Å²) in [6.45, 7) is -0.0704. The van der Waals surface area contributed by atoms with Gasteiger partial charge in [0.1, 0.15) is 5.76 Å². The van der Waals surface area contributed by atoms with Gasteiger partial charge in [-0.15, -0.1) is 0 Å². The molecule has 7 heteroatoms. The van der Waals surface area contributed by atoms with Gasteiger partial charge in [0.25, 0.3) is 0 Å². The molecular formula is C12H13N3O4. The van der Waals surface area contributed by atoms with Gasteiger partial charge in [-0.3, -0.25) is 10.1 Å². The molecule has 0 saturated carbocycles. The minimum absolute atomic E-state index is 0.0704. The summed E-state index contributed by atoms with van der Waals surface area (Å²) < 4.78 is 5.25. The van der Waals surface area contributed by atoms with Crippen LogP contribution in [0.2, 0.25) is 0 Å².